The minimum absolute atomic E-state index is 0.0592. The zero-order chi connectivity index (χ0) is 19.3. The highest BCUT2D eigenvalue weighted by Crippen LogP contribution is 2.43. The smallest absolute Gasteiger partial charge is 0.268 e. The minimum atomic E-state index is -3.37. The first-order valence-electron chi connectivity index (χ1n) is 8.58. The van der Waals surface area contributed by atoms with E-state index in [1.54, 1.807) is 30.1 Å². The van der Waals surface area contributed by atoms with E-state index in [1.807, 2.05) is 44.2 Å². The number of fused-ring (bicyclic) bond motifs is 3. The van der Waals surface area contributed by atoms with Crippen molar-refractivity contribution in [1.29, 1.82) is 0 Å². The summed E-state index contributed by atoms with van der Waals surface area (Å²) in [6, 6.07) is 14.7. The van der Waals surface area contributed by atoms with Crippen molar-refractivity contribution in [2.45, 2.75) is 24.5 Å². The average molecular weight is 398 g/mol. The predicted octanol–water partition coefficient (Wildman–Crippen LogP) is 4.60. The summed E-state index contributed by atoms with van der Waals surface area (Å²) in [5, 5.41) is 0. The van der Waals surface area contributed by atoms with Crippen LogP contribution in [0.2, 0.25) is 0 Å². The van der Waals surface area contributed by atoms with E-state index < -0.39 is 9.84 Å². The Kier molecular flexibility index (Phi) is 4.20. The van der Waals surface area contributed by atoms with E-state index in [4.69, 9.17) is 0 Å². The standard InChI is InChI=1S/C21H19NO3S2/c1-13-8-9-14(2)17(10-13)22(3)21(23)18-11-15-12-27(24,25)19-7-5-4-6-16(19)20(15)26-18/h4-11H,12H2,1-3H3. The lowest BCUT2D eigenvalue weighted by molar-refractivity contribution is 0.0996. The lowest BCUT2D eigenvalue weighted by atomic mass is 10.1. The van der Waals surface area contributed by atoms with Crippen molar-refractivity contribution in [2.75, 3.05) is 11.9 Å². The van der Waals surface area contributed by atoms with Gasteiger partial charge in [-0.05, 0) is 48.7 Å². The van der Waals surface area contributed by atoms with Crippen LogP contribution in [0.25, 0.3) is 10.4 Å². The summed E-state index contributed by atoms with van der Waals surface area (Å²) in [6.07, 6.45) is 0. The van der Waals surface area contributed by atoms with E-state index in [9.17, 15) is 13.2 Å². The third-order valence-electron chi connectivity index (χ3n) is 4.86. The number of nitrogens with zero attached hydrogens (tertiary/aromatic N) is 1. The maximum Gasteiger partial charge on any atom is 0.268 e. The monoisotopic (exact) mass is 397 g/mol. The van der Waals surface area contributed by atoms with Crippen LogP contribution >= 0.6 is 11.3 Å². The second-order valence-electron chi connectivity index (χ2n) is 6.87. The Hall–Kier alpha value is -2.44. The maximum absolute atomic E-state index is 13.1. The van der Waals surface area contributed by atoms with E-state index in [1.165, 1.54) is 11.3 Å². The third-order valence-corrected chi connectivity index (χ3v) is 7.78. The third kappa shape index (κ3) is 2.99. The lowest BCUT2D eigenvalue weighted by Gasteiger charge is -2.19. The van der Waals surface area contributed by atoms with Gasteiger partial charge in [-0.2, -0.15) is 0 Å². The van der Waals surface area contributed by atoms with Gasteiger partial charge in [0.15, 0.2) is 9.84 Å². The number of aryl methyl sites for hydroxylation is 2. The molecular weight excluding hydrogens is 378 g/mol. The number of hydrogen-bond acceptors (Lipinski definition) is 4. The number of anilines is 1. The van der Waals surface area contributed by atoms with Crippen molar-refractivity contribution in [3.63, 3.8) is 0 Å². The fraction of sp³-hybridized carbons (Fsp3) is 0.190. The molecule has 1 amide bonds. The lowest BCUT2D eigenvalue weighted by Crippen LogP contribution is -2.26. The van der Waals surface area contributed by atoms with Gasteiger partial charge < -0.3 is 4.90 Å². The molecule has 1 aromatic heterocycles. The highest BCUT2D eigenvalue weighted by Gasteiger charge is 2.31. The molecule has 0 bridgehead atoms. The Morgan fingerprint density at radius 1 is 1.07 bits per heavy atom. The number of sulfone groups is 1. The van der Waals surface area contributed by atoms with Gasteiger partial charge in [0.1, 0.15) is 0 Å². The molecule has 4 nitrogen and oxygen atoms in total. The Labute approximate surface area is 163 Å². The maximum atomic E-state index is 13.1. The van der Waals surface area contributed by atoms with Crippen molar-refractivity contribution in [1.82, 2.24) is 0 Å². The van der Waals surface area contributed by atoms with Crippen LogP contribution < -0.4 is 4.90 Å². The Morgan fingerprint density at radius 3 is 2.59 bits per heavy atom. The Bertz CT molecular complexity index is 1180. The van der Waals surface area contributed by atoms with E-state index in [0.717, 1.165) is 21.7 Å². The molecule has 1 aliphatic rings. The number of rotatable bonds is 2. The minimum Gasteiger partial charge on any atom is -0.310 e. The zero-order valence-electron chi connectivity index (χ0n) is 15.3. The van der Waals surface area contributed by atoms with Gasteiger partial charge in [0, 0.05) is 23.2 Å². The van der Waals surface area contributed by atoms with Crippen molar-refractivity contribution in [3.05, 3.63) is 70.1 Å². The van der Waals surface area contributed by atoms with E-state index >= 15 is 0 Å². The van der Waals surface area contributed by atoms with Crippen LogP contribution in [0, 0.1) is 13.8 Å². The Balaban J connectivity index is 1.77. The molecule has 3 aromatic rings. The van der Waals surface area contributed by atoms with Gasteiger partial charge in [-0.15, -0.1) is 11.3 Å². The van der Waals surface area contributed by atoms with Crippen molar-refractivity contribution < 1.29 is 13.2 Å². The zero-order valence-corrected chi connectivity index (χ0v) is 16.9. The van der Waals surface area contributed by atoms with Crippen molar-refractivity contribution >= 4 is 32.8 Å². The summed E-state index contributed by atoms with van der Waals surface area (Å²) in [7, 11) is -1.61. The molecule has 1 aliphatic heterocycles. The van der Waals surface area contributed by atoms with Gasteiger partial charge in [0.2, 0.25) is 0 Å². The molecule has 0 fully saturated rings. The highest BCUT2D eigenvalue weighted by atomic mass is 32.2. The molecule has 2 heterocycles. The molecule has 138 valence electrons. The molecule has 0 radical (unpaired) electrons. The van der Waals surface area contributed by atoms with Gasteiger partial charge in [-0.1, -0.05) is 30.3 Å². The van der Waals surface area contributed by atoms with Crippen LogP contribution in [0.4, 0.5) is 5.69 Å². The summed E-state index contributed by atoms with van der Waals surface area (Å²) >= 11 is 1.36. The largest absolute Gasteiger partial charge is 0.310 e. The van der Waals surface area contributed by atoms with Crippen LogP contribution in [0.3, 0.4) is 0 Å². The number of benzene rings is 2. The van der Waals surface area contributed by atoms with Gasteiger partial charge in [-0.25, -0.2) is 8.42 Å². The number of hydrogen-bond donors (Lipinski definition) is 0. The van der Waals surface area contributed by atoms with Gasteiger partial charge in [0.25, 0.3) is 5.91 Å². The van der Waals surface area contributed by atoms with E-state index in [0.29, 0.717) is 20.9 Å². The topological polar surface area (TPSA) is 54.5 Å². The second-order valence-corrected chi connectivity index (χ2v) is 9.88. The molecule has 0 unspecified atom stereocenters. The average Bonchev–Trinajstić information content (AvgIpc) is 3.06. The fourth-order valence-electron chi connectivity index (χ4n) is 3.43. The van der Waals surface area contributed by atoms with Gasteiger partial charge in [0.05, 0.1) is 15.5 Å². The van der Waals surface area contributed by atoms with Crippen LogP contribution in [0.1, 0.15) is 26.4 Å². The summed E-state index contributed by atoms with van der Waals surface area (Å²) < 4.78 is 25.1. The molecule has 0 saturated heterocycles. The van der Waals surface area contributed by atoms with Gasteiger partial charge in [-0.3, -0.25) is 4.79 Å². The predicted molar refractivity (Wildman–Crippen MR) is 109 cm³/mol. The van der Waals surface area contributed by atoms with Gasteiger partial charge >= 0.3 is 0 Å². The first-order chi connectivity index (χ1) is 12.8. The normalized spacial score (nSPS) is 14.3. The van der Waals surface area contributed by atoms with Crippen LogP contribution in [-0.2, 0) is 15.6 Å². The molecule has 0 N–H and O–H groups in total. The summed E-state index contributed by atoms with van der Waals surface area (Å²) in [4.78, 5) is 16.5. The second kappa shape index (κ2) is 6.32. The Morgan fingerprint density at radius 2 is 1.81 bits per heavy atom. The van der Waals surface area contributed by atoms with E-state index in [-0.39, 0.29) is 11.7 Å². The number of carbonyl (C=O) groups is 1. The molecule has 0 saturated carbocycles. The van der Waals surface area contributed by atoms with Crippen LogP contribution in [0.15, 0.2) is 53.4 Å². The fourth-order valence-corrected chi connectivity index (χ4v) is 6.37. The summed E-state index contributed by atoms with van der Waals surface area (Å²) in [5.74, 6) is -0.186. The first kappa shape index (κ1) is 17.9. The number of carbonyl (C=O) groups excluding carboxylic acids is 1. The van der Waals surface area contributed by atoms with E-state index in [2.05, 4.69) is 0 Å². The molecule has 0 atom stereocenters. The first-order valence-corrected chi connectivity index (χ1v) is 11.0. The number of thiophene rings is 1. The molecule has 6 heteroatoms. The molecule has 0 aliphatic carbocycles. The molecule has 0 spiro atoms. The molecule has 2 aromatic carbocycles. The molecule has 4 rings (SSSR count). The van der Waals surface area contributed by atoms with Crippen molar-refractivity contribution in [2.24, 2.45) is 0 Å². The number of amides is 1. The molecule has 27 heavy (non-hydrogen) atoms. The van der Waals surface area contributed by atoms with Crippen LogP contribution in [0.5, 0.6) is 0 Å². The summed E-state index contributed by atoms with van der Waals surface area (Å²) in [5.41, 5.74) is 4.36. The SMILES string of the molecule is Cc1ccc(C)c(N(C)C(=O)c2cc3c(s2)-c2ccccc2S(=O)(=O)C3)c1. The highest BCUT2D eigenvalue weighted by molar-refractivity contribution is 7.91. The molecular formula is C21H19NO3S2. The quantitative estimate of drug-likeness (QED) is 0.635. The summed E-state index contributed by atoms with van der Waals surface area (Å²) in [6.45, 7) is 3.97. The van der Waals surface area contributed by atoms with Crippen molar-refractivity contribution in [3.8, 4) is 10.4 Å². The van der Waals surface area contributed by atoms with Crippen LogP contribution in [-0.4, -0.2) is 21.4 Å².